The molecule has 1 aliphatic heterocycles. The second-order valence-corrected chi connectivity index (χ2v) is 4.28. The number of fused-ring (bicyclic) bond motifs is 1. The molecule has 0 fully saturated rings. The Bertz CT molecular complexity index is 630. The van der Waals surface area contributed by atoms with Crippen LogP contribution in [0.15, 0.2) is 36.7 Å². The molecule has 3 N–H and O–H groups in total. The number of nitrogens with one attached hydrogen (secondary N) is 2. The van der Waals surface area contributed by atoms with Crippen LogP contribution in [-0.2, 0) is 0 Å². The fourth-order valence-electron chi connectivity index (χ4n) is 2.02. The maximum Gasteiger partial charge on any atom is 0.277 e. The van der Waals surface area contributed by atoms with Gasteiger partial charge in [-0.1, -0.05) is 18.2 Å². The summed E-state index contributed by atoms with van der Waals surface area (Å²) >= 11 is 0. The Morgan fingerprint density at radius 1 is 1.30 bits per heavy atom. The van der Waals surface area contributed by atoms with Gasteiger partial charge >= 0.3 is 0 Å². The molecule has 2 heterocycles. The monoisotopic (exact) mass is 272 g/mol. The van der Waals surface area contributed by atoms with E-state index in [1.807, 2.05) is 24.3 Å². The summed E-state index contributed by atoms with van der Waals surface area (Å²) < 4.78 is 5.55. The van der Waals surface area contributed by atoms with Gasteiger partial charge < -0.3 is 10.1 Å². The number of hydroxylamine groups is 1. The summed E-state index contributed by atoms with van der Waals surface area (Å²) in [6.45, 7) is 0.502. The molecule has 2 aromatic rings. The number of hydrogen-bond acceptors (Lipinski definition) is 6. The third-order valence-corrected chi connectivity index (χ3v) is 3.02. The zero-order valence-corrected chi connectivity index (χ0v) is 10.4. The number of para-hydroxylation sites is 1. The second kappa shape index (κ2) is 5.14. The van der Waals surface area contributed by atoms with Crippen LogP contribution in [0.3, 0.4) is 0 Å². The van der Waals surface area contributed by atoms with Crippen molar-refractivity contribution in [1.82, 2.24) is 15.4 Å². The SMILES string of the molecule is O=C(NO)c1cnc(N[C@H]2COc3ccccc32)nc1. The summed E-state index contributed by atoms with van der Waals surface area (Å²) in [7, 11) is 0. The topological polar surface area (TPSA) is 96.4 Å². The van der Waals surface area contributed by atoms with Crippen LogP contribution >= 0.6 is 0 Å². The van der Waals surface area contributed by atoms with Gasteiger partial charge in [0.25, 0.3) is 5.91 Å². The molecule has 1 aromatic heterocycles. The van der Waals surface area contributed by atoms with Crippen molar-refractivity contribution in [2.75, 3.05) is 11.9 Å². The average molecular weight is 272 g/mol. The Morgan fingerprint density at radius 2 is 2.05 bits per heavy atom. The third kappa shape index (κ3) is 2.26. The zero-order chi connectivity index (χ0) is 13.9. The van der Waals surface area contributed by atoms with Crippen LogP contribution in [0.5, 0.6) is 5.75 Å². The molecule has 0 unspecified atom stereocenters. The average Bonchev–Trinajstić information content (AvgIpc) is 2.91. The van der Waals surface area contributed by atoms with E-state index in [1.165, 1.54) is 17.9 Å². The number of rotatable bonds is 3. The molecular formula is C13H12N4O3. The molecule has 0 aliphatic carbocycles. The summed E-state index contributed by atoms with van der Waals surface area (Å²) in [5.41, 5.74) is 2.76. The van der Waals surface area contributed by atoms with Crippen LogP contribution in [0.25, 0.3) is 0 Å². The highest BCUT2D eigenvalue weighted by Crippen LogP contribution is 2.33. The van der Waals surface area contributed by atoms with Gasteiger partial charge in [-0.25, -0.2) is 15.4 Å². The Labute approximate surface area is 114 Å². The van der Waals surface area contributed by atoms with E-state index >= 15 is 0 Å². The number of anilines is 1. The van der Waals surface area contributed by atoms with Crippen molar-refractivity contribution in [3.63, 3.8) is 0 Å². The van der Waals surface area contributed by atoms with Crippen LogP contribution < -0.4 is 15.5 Å². The number of aromatic nitrogens is 2. The molecule has 1 aromatic carbocycles. The van der Waals surface area contributed by atoms with Gasteiger partial charge in [0.1, 0.15) is 12.4 Å². The number of ether oxygens (including phenoxy) is 1. The molecule has 102 valence electrons. The van der Waals surface area contributed by atoms with Crippen LogP contribution in [0, 0.1) is 0 Å². The van der Waals surface area contributed by atoms with Gasteiger partial charge in [-0.2, -0.15) is 0 Å². The minimum atomic E-state index is -0.647. The molecule has 1 amide bonds. The normalized spacial score (nSPS) is 16.1. The molecule has 1 atom stereocenters. The van der Waals surface area contributed by atoms with Gasteiger partial charge in [0.2, 0.25) is 5.95 Å². The molecule has 20 heavy (non-hydrogen) atoms. The molecule has 1 aliphatic rings. The van der Waals surface area contributed by atoms with Crippen LogP contribution in [-0.4, -0.2) is 27.7 Å². The van der Waals surface area contributed by atoms with E-state index in [9.17, 15) is 4.79 Å². The van der Waals surface area contributed by atoms with E-state index in [0.29, 0.717) is 12.6 Å². The van der Waals surface area contributed by atoms with Gasteiger partial charge in [0.15, 0.2) is 0 Å². The largest absolute Gasteiger partial charge is 0.491 e. The number of nitrogens with zero attached hydrogens (tertiary/aromatic N) is 2. The first-order valence-corrected chi connectivity index (χ1v) is 6.02. The number of carbonyl (C=O) groups excluding carboxylic acids is 1. The van der Waals surface area contributed by atoms with Crippen molar-refractivity contribution in [3.8, 4) is 5.75 Å². The molecule has 0 saturated heterocycles. The minimum absolute atomic E-state index is 0.0243. The van der Waals surface area contributed by atoms with Gasteiger partial charge in [-0.05, 0) is 6.07 Å². The summed E-state index contributed by atoms with van der Waals surface area (Å²) in [6.07, 6.45) is 2.67. The predicted molar refractivity (Wildman–Crippen MR) is 69.6 cm³/mol. The molecule has 0 spiro atoms. The van der Waals surface area contributed by atoms with Crippen LogP contribution in [0.2, 0.25) is 0 Å². The summed E-state index contributed by atoms with van der Waals surface area (Å²) in [4.78, 5) is 19.2. The lowest BCUT2D eigenvalue weighted by atomic mass is 10.1. The molecule has 0 saturated carbocycles. The number of benzene rings is 1. The summed E-state index contributed by atoms with van der Waals surface area (Å²) in [5, 5.41) is 11.6. The fraction of sp³-hybridized carbons (Fsp3) is 0.154. The summed E-state index contributed by atoms with van der Waals surface area (Å²) in [6, 6.07) is 7.72. The van der Waals surface area contributed by atoms with Crippen molar-refractivity contribution in [1.29, 1.82) is 0 Å². The number of hydrogen-bond donors (Lipinski definition) is 3. The Morgan fingerprint density at radius 3 is 2.80 bits per heavy atom. The first-order chi connectivity index (χ1) is 9.78. The standard InChI is InChI=1S/C13H12N4O3/c18-12(17-19)8-5-14-13(15-6-8)16-10-7-20-11-4-2-1-3-9(10)11/h1-6,10,19H,7H2,(H,17,18)(H,14,15,16)/t10-/m0/s1. The highest BCUT2D eigenvalue weighted by atomic mass is 16.5. The molecule has 7 nitrogen and oxygen atoms in total. The van der Waals surface area contributed by atoms with Gasteiger partial charge in [0, 0.05) is 18.0 Å². The van der Waals surface area contributed by atoms with Crippen LogP contribution in [0.4, 0.5) is 5.95 Å². The van der Waals surface area contributed by atoms with E-state index < -0.39 is 5.91 Å². The van der Waals surface area contributed by atoms with E-state index in [1.54, 1.807) is 0 Å². The molecule has 3 rings (SSSR count). The lowest BCUT2D eigenvalue weighted by Crippen LogP contribution is -2.20. The molecule has 0 radical (unpaired) electrons. The highest BCUT2D eigenvalue weighted by Gasteiger charge is 2.24. The van der Waals surface area contributed by atoms with Crippen molar-refractivity contribution >= 4 is 11.9 Å². The Kier molecular flexibility index (Phi) is 3.18. The van der Waals surface area contributed by atoms with Crippen LogP contribution in [0.1, 0.15) is 22.0 Å². The van der Waals surface area contributed by atoms with Gasteiger partial charge in [-0.3, -0.25) is 10.0 Å². The smallest absolute Gasteiger partial charge is 0.277 e. The Hall–Kier alpha value is -2.67. The van der Waals surface area contributed by atoms with Gasteiger partial charge in [-0.15, -0.1) is 0 Å². The van der Waals surface area contributed by atoms with E-state index in [-0.39, 0.29) is 11.6 Å². The Balaban J connectivity index is 1.75. The zero-order valence-electron chi connectivity index (χ0n) is 10.4. The quantitative estimate of drug-likeness (QED) is 0.572. The lowest BCUT2D eigenvalue weighted by Gasteiger charge is -2.11. The van der Waals surface area contributed by atoms with Crippen molar-refractivity contribution in [2.24, 2.45) is 0 Å². The third-order valence-electron chi connectivity index (χ3n) is 3.02. The molecule has 0 bridgehead atoms. The summed E-state index contributed by atoms with van der Waals surface area (Å²) in [5.74, 6) is 0.595. The first-order valence-electron chi connectivity index (χ1n) is 6.02. The molecule has 7 heteroatoms. The van der Waals surface area contributed by atoms with Crippen molar-refractivity contribution < 1.29 is 14.7 Å². The number of amides is 1. The predicted octanol–water partition coefficient (Wildman–Crippen LogP) is 1.14. The number of carbonyl (C=O) groups is 1. The van der Waals surface area contributed by atoms with E-state index in [2.05, 4.69) is 15.3 Å². The van der Waals surface area contributed by atoms with E-state index in [4.69, 9.17) is 9.94 Å². The lowest BCUT2D eigenvalue weighted by molar-refractivity contribution is 0.0705. The van der Waals surface area contributed by atoms with Crippen molar-refractivity contribution in [3.05, 3.63) is 47.8 Å². The van der Waals surface area contributed by atoms with E-state index in [0.717, 1.165) is 11.3 Å². The fourth-order valence-corrected chi connectivity index (χ4v) is 2.02. The maximum atomic E-state index is 11.2. The molecular weight excluding hydrogens is 260 g/mol. The maximum absolute atomic E-state index is 11.2. The highest BCUT2D eigenvalue weighted by molar-refractivity contribution is 5.92. The van der Waals surface area contributed by atoms with Crippen molar-refractivity contribution in [2.45, 2.75) is 6.04 Å². The first kappa shape index (κ1) is 12.4. The minimum Gasteiger partial charge on any atom is -0.491 e. The van der Waals surface area contributed by atoms with Gasteiger partial charge in [0.05, 0.1) is 11.6 Å². The second-order valence-electron chi connectivity index (χ2n) is 4.28.